The molecular formula is C9H20N4O2. The van der Waals surface area contributed by atoms with Crippen LogP contribution in [0.4, 0.5) is 4.79 Å². The van der Waals surface area contributed by atoms with Crippen LogP contribution in [0, 0.1) is 5.92 Å². The summed E-state index contributed by atoms with van der Waals surface area (Å²) in [5.41, 5.74) is 10.3. The van der Waals surface area contributed by atoms with E-state index in [1.54, 1.807) is 0 Å². The molecule has 0 aliphatic heterocycles. The van der Waals surface area contributed by atoms with Crippen LogP contribution in [0.3, 0.4) is 0 Å². The Kier molecular flexibility index (Phi) is 7.35. The third kappa shape index (κ3) is 7.75. The third-order valence-corrected chi connectivity index (χ3v) is 2.13. The van der Waals surface area contributed by atoms with Crippen LogP contribution in [0.2, 0.25) is 0 Å². The fourth-order valence-corrected chi connectivity index (χ4v) is 1.12. The van der Waals surface area contributed by atoms with Gasteiger partial charge in [-0.15, -0.1) is 0 Å². The first-order valence-corrected chi connectivity index (χ1v) is 5.10. The van der Waals surface area contributed by atoms with Gasteiger partial charge < -0.3 is 22.1 Å². The second-order valence-corrected chi connectivity index (χ2v) is 3.36. The number of nitrogens with two attached hydrogens (primary N) is 2. The highest BCUT2D eigenvalue weighted by atomic mass is 16.2. The zero-order valence-corrected chi connectivity index (χ0v) is 9.08. The third-order valence-electron chi connectivity index (χ3n) is 2.13. The van der Waals surface area contributed by atoms with Crippen LogP contribution in [0.15, 0.2) is 0 Å². The molecule has 0 aliphatic carbocycles. The lowest BCUT2D eigenvalue weighted by atomic mass is 10.0. The molecule has 3 amide bonds. The van der Waals surface area contributed by atoms with Gasteiger partial charge in [-0.1, -0.05) is 13.3 Å². The smallest absolute Gasteiger partial charge is 0.312 e. The Balaban J connectivity index is 3.52. The molecule has 0 spiro atoms. The van der Waals surface area contributed by atoms with E-state index >= 15 is 0 Å². The number of hydrogen-bond acceptors (Lipinski definition) is 3. The van der Waals surface area contributed by atoms with Crippen LogP contribution >= 0.6 is 0 Å². The minimum atomic E-state index is -0.586. The summed E-state index contributed by atoms with van der Waals surface area (Å²) in [6.07, 6.45) is 1.33. The molecule has 0 rings (SSSR count). The van der Waals surface area contributed by atoms with Crippen LogP contribution in [-0.2, 0) is 4.79 Å². The minimum absolute atomic E-state index is 0.0430. The molecule has 0 heterocycles. The van der Waals surface area contributed by atoms with Gasteiger partial charge in [-0.3, -0.25) is 4.79 Å². The van der Waals surface area contributed by atoms with E-state index in [2.05, 4.69) is 10.6 Å². The first-order valence-electron chi connectivity index (χ1n) is 5.10. The van der Waals surface area contributed by atoms with E-state index in [9.17, 15) is 9.59 Å². The Morgan fingerprint density at radius 1 is 1.27 bits per heavy atom. The first kappa shape index (κ1) is 13.7. The van der Waals surface area contributed by atoms with E-state index in [1.165, 1.54) is 0 Å². The number of hydrogen-bond donors (Lipinski definition) is 4. The topological polar surface area (TPSA) is 110 Å². The lowest BCUT2D eigenvalue weighted by Gasteiger charge is -2.11. The fraction of sp³-hybridized carbons (Fsp3) is 0.778. The average Bonchev–Trinajstić information content (AvgIpc) is 2.20. The SMILES string of the molecule is CCC(CN)CC(=O)NCCNC(N)=O. The molecule has 0 bridgehead atoms. The maximum Gasteiger partial charge on any atom is 0.312 e. The fourth-order valence-electron chi connectivity index (χ4n) is 1.12. The van der Waals surface area contributed by atoms with Crippen LogP contribution in [0.5, 0.6) is 0 Å². The van der Waals surface area contributed by atoms with Crippen LogP contribution in [0.1, 0.15) is 19.8 Å². The van der Waals surface area contributed by atoms with Crippen LogP contribution in [-0.4, -0.2) is 31.6 Å². The van der Waals surface area contributed by atoms with Gasteiger partial charge in [-0.2, -0.15) is 0 Å². The molecule has 0 aromatic carbocycles. The van der Waals surface area contributed by atoms with Crippen molar-refractivity contribution >= 4 is 11.9 Å². The van der Waals surface area contributed by atoms with E-state index < -0.39 is 6.03 Å². The van der Waals surface area contributed by atoms with Crippen molar-refractivity contribution in [2.24, 2.45) is 17.4 Å². The average molecular weight is 216 g/mol. The van der Waals surface area contributed by atoms with Crippen molar-refractivity contribution in [3.8, 4) is 0 Å². The van der Waals surface area contributed by atoms with Gasteiger partial charge in [0.1, 0.15) is 0 Å². The predicted molar refractivity (Wildman–Crippen MR) is 58.0 cm³/mol. The van der Waals surface area contributed by atoms with E-state index in [0.717, 1.165) is 6.42 Å². The van der Waals surface area contributed by atoms with Gasteiger partial charge in [0.25, 0.3) is 0 Å². The maximum absolute atomic E-state index is 11.3. The van der Waals surface area contributed by atoms with Crippen molar-refractivity contribution in [3.63, 3.8) is 0 Å². The molecule has 88 valence electrons. The standard InChI is InChI=1S/C9H20N4O2/c1-2-7(6-10)5-8(14)12-3-4-13-9(11)15/h7H,2-6,10H2,1H3,(H,12,14)(H3,11,13,15). The largest absolute Gasteiger partial charge is 0.354 e. The number of primary amides is 1. The summed E-state index contributed by atoms with van der Waals surface area (Å²) in [6, 6.07) is -0.586. The second-order valence-electron chi connectivity index (χ2n) is 3.36. The Labute approximate surface area is 89.8 Å². The summed E-state index contributed by atoms with van der Waals surface area (Å²) < 4.78 is 0. The molecule has 1 atom stereocenters. The summed E-state index contributed by atoms with van der Waals surface area (Å²) in [5.74, 6) is 0.188. The summed E-state index contributed by atoms with van der Waals surface area (Å²) in [7, 11) is 0. The lowest BCUT2D eigenvalue weighted by Crippen LogP contribution is -2.37. The van der Waals surface area contributed by atoms with Gasteiger partial charge >= 0.3 is 6.03 Å². The van der Waals surface area contributed by atoms with Crippen molar-refractivity contribution in [2.45, 2.75) is 19.8 Å². The van der Waals surface area contributed by atoms with Crippen molar-refractivity contribution in [3.05, 3.63) is 0 Å². The quantitative estimate of drug-likeness (QED) is 0.416. The van der Waals surface area contributed by atoms with Crippen molar-refractivity contribution in [1.82, 2.24) is 10.6 Å². The van der Waals surface area contributed by atoms with Crippen molar-refractivity contribution < 1.29 is 9.59 Å². The number of nitrogens with one attached hydrogen (secondary N) is 2. The molecular weight excluding hydrogens is 196 g/mol. The lowest BCUT2D eigenvalue weighted by molar-refractivity contribution is -0.121. The van der Waals surface area contributed by atoms with Gasteiger partial charge in [0.2, 0.25) is 5.91 Å². The minimum Gasteiger partial charge on any atom is -0.354 e. The molecule has 0 saturated heterocycles. The summed E-state index contributed by atoms with van der Waals surface area (Å²) in [4.78, 5) is 21.6. The maximum atomic E-state index is 11.3. The molecule has 0 radical (unpaired) electrons. The molecule has 0 aliphatic rings. The summed E-state index contributed by atoms with van der Waals surface area (Å²) in [5, 5.41) is 5.05. The zero-order chi connectivity index (χ0) is 11.7. The molecule has 15 heavy (non-hydrogen) atoms. The van der Waals surface area contributed by atoms with Gasteiger partial charge in [0, 0.05) is 19.5 Å². The molecule has 0 aromatic rings. The first-order chi connectivity index (χ1) is 7.10. The van der Waals surface area contributed by atoms with Crippen LogP contribution < -0.4 is 22.1 Å². The molecule has 0 aromatic heterocycles. The normalized spacial score (nSPS) is 11.9. The summed E-state index contributed by atoms with van der Waals surface area (Å²) in [6.45, 7) is 3.26. The highest BCUT2D eigenvalue weighted by Gasteiger charge is 2.09. The predicted octanol–water partition coefficient (Wildman–Crippen LogP) is -0.854. The molecule has 6 heteroatoms. The Morgan fingerprint density at radius 3 is 2.33 bits per heavy atom. The Bertz CT molecular complexity index is 204. The monoisotopic (exact) mass is 216 g/mol. The van der Waals surface area contributed by atoms with E-state index in [4.69, 9.17) is 11.5 Å². The van der Waals surface area contributed by atoms with E-state index in [0.29, 0.717) is 26.1 Å². The van der Waals surface area contributed by atoms with E-state index in [1.807, 2.05) is 6.92 Å². The zero-order valence-electron chi connectivity index (χ0n) is 9.08. The van der Waals surface area contributed by atoms with Crippen molar-refractivity contribution in [1.29, 1.82) is 0 Å². The molecule has 0 fully saturated rings. The van der Waals surface area contributed by atoms with Gasteiger partial charge in [-0.05, 0) is 12.5 Å². The van der Waals surface area contributed by atoms with Gasteiger partial charge in [-0.25, -0.2) is 4.79 Å². The highest BCUT2D eigenvalue weighted by Crippen LogP contribution is 2.04. The number of urea groups is 1. The van der Waals surface area contributed by atoms with Crippen molar-refractivity contribution in [2.75, 3.05) is 19.6 Å². The molecule has 1 unspecified atom stereocenters. The summed E-state index contributed by atoms with van der Waals surface area (Å²) >= 11 is 0. The highest BCUT2D eigenvalue weighted by molar-refractivity contribution is 5.76. The molecule has 0 saturated carbocycles. The van der Waals surface area contributed by atoms with Crippen LogP contribution in [0.25, 0.3) is 0 Å². The second kappa shape index (κ2) is 8.05. The number of amides is 3. The Morgan fingerprint density at radius 2 is 1.87 bits per heavy atom. The number of carbonyl (C=O) groups is 2. The number of rotatable bonds is 7. The number of carbonyl (C=O) groups excluding carboxylic acids is 2. The molecule has 6 nitrogen and oxygen atoms in total. The Hall–Kier alpha value is -1.30. The van der Waals surface area contributed by atoms with E-state index in [-0.39, 0.29) is 11.8 Å². The van der Waals surface area contributed by atoms with Gasteiger partial charge in [0.15, 0.2) is 0 Å². The van der Waals surface area contributed by atoms with Gasteiger partial charge in [0.05, 0.1) is 0 Å². The molecule has 6 N–H and O–H groups in total.